The van der Waals surface area contributed by atoms with E-state index >= 15 is 0 Å². The van der Waals surface area contributed by atoms with E-state index in [2.05, 4.69) is 25.2 Å². The van der Waals surface area contributed by atoms with E-state index in [-0.39, 0.29) is 17.7 Å². The van der Waals surface area contributed by atoms with Crippen LogP contribution < -0.4 is 10.1 Å². The minimum Gasteiger partial charge on any atom is -0.491 e. The third kappa shape index (κ3) is 3.47. The van der Waals surface area contributed by atoms with E-state index in [1.54, 1.807) is 7.11 Å². The molecular formula is C15H25NO2. The molecule has 0 fully saturated rings. The highest BCUT2D eigenvalue weighted by Crippen LogP contribution is 2.34. The van der Waals surface area contributed by atoms with Crippen LogP contribution in [0.3, 0.4) is 0 Å². The van der Waals surface area contributed by atoms with Crippen LogP contribution in [-0.2, 0) is 4.74 Å². The Morgan fingerprint density at radius 1 is 1.17 bits per heavy atom. The van der Waals surface area contributed by atoms with Crippen molar-refractivity contribution in [3.05, 3.63) is 29.8 Å². The van der Waals surface area contributed by atoms with Gasteiger partial charge in [0.2, 0.25) is 0 Å². The second-order valence-corrected chi connectivity index (χ2v) is 5.23. The van der Waals surface area contributed by atoms with Gasteiger partial charge in [0, 0.05) is 12.7 Å². The summed E-state index contributed by atoms with van der Waals surface area (Å²) in [4.78, 5) is 0. The molecule has 102 valence electrons. The van der Waals surface area contributed by atoms with Gasteiger partial charge in [0.05, 0.1) is 17.7 Å². The van der Waals surface area contributed by atoms with Crippen molar-refractivity contribution in [1.82, 2.24) is 5.32 Å². The van der Waals surface area contributed by atoms with Crippen LogP contribution in [0.4, 0.5) is 0 Å². The quantitative estimate of drug-likeness (QED) is 0.842. The Hall–Kier alpha value is -1.06. The monoisotopic (exact) mass is 251 g/mol. The van der Waals surface area contributed by atoms with Gasteiger partial charge in [-0.25, -0.2) is 0 Å². The maximum atomic E-state index is 5.87. The topological polar surface area (TPSA) is 30.5 Å². The molecule has 0 amide bonds. The Labute approximate surface area is 110 Å². The molecule has 0 spiro atoms. The molecule has 1 atom stereocenters. The van der Waals surface area contributed by atoms with Crippen molar-refractivity contribution in [1.29, 1.82) is 0 Å². The van der Waals surface area contributed by atoms with Crippen molar-refractivity contribution in [3.63, 3.8) is 0 Å². The molecule has 1 N–H and O–H groups in total. The van der Waals surface area contributed by atoms with Crippen LogP contribution in [-0.4, -0.2) is 25.9 Å². The Morgan fingerprint density at radius 2 is 1.78 bits per heavy atom. The van der Waals surface area contributed by atoms with Crippen molar-refractivity contribution >= 4 is 0 Å². The van der Waals surface area contributed by atoms with Crippen LogP contribution in [0.25, 0.3) is 0 Å². The molecule has 0 heterocycles. The van der Waals surface area contributed by atoms with Gasteiger partial charge in [-0.05, 0) is 40.8 Å². The first-order valence-electron chi connectivity index (χ1n) is 6.40. The van der Waals surface area contributed by atoms with E-state index in [1.165, 1.54) is 0 Å². The summed E-state index contributed by atoms with van der Waals surface area (Å²) in [6.45, 7) is 8.21. The van der Waals surface area contributed by atoms with Gasteiger partial charge in [-0.3, -0.25) is 0 Å². The number of hydrogen-bond donors (Lipinski definition) is 1. The molecule has 1 aromatic rings. The van der Waals surface area contributed by atoms with Gasteiger partial charge in [-0.2, -0.15) is 0 Å². The number of likely N-dealkylation sites (N-methyl/N-ethyl adjacent to an activating group) is 1. The summed E-state index contributed by atoms with van der Waals surface area (Å²) in [5.41, 5.74) is 0.825. The van der Waals surface area contributed by atoms with Crippen LogP contribution in [0.15, 0.2) is 24.3 Å². The zero-order chi connectivity index (χ0) is 13.8. The number of rotatable bonds is 6. The predicted molar refractivity (Wildman–Crippen MR) is 75.1 cm³/mol. The average molecular weight is 251 g/mol. The molecule has 0 radical (unpaired) electrons. The molecule has 0 bridgehead atoms. The maximum Gasteiger partial charge on any atom is 0.124 e. The second-order valence-electron chi connectivity index (χ2n) is 5.23. The van der Waals surface area contributed by atoms with E-state index in [4.69, 9.17) is 9.47 Å². The van der Waals surface area contributed by atoms with Crippen molar-refractivity contribution in [2.45, 2.75) is 45.4 Å². The number of para-hydroxylation sites is 1. The summed E-state index contributed by atoms with van der Waals surface area (Å²) < 4.78 is 11.5. The van der Waals surface area contributed by atoms with E-state index < -0.39 is 0 Å². The Balaban J connectivity index is 3.13. The second kappa shape index (κ2) is 6.21. The highest BCUT2D eigenvalue weighted by atomic mass is 16.5. The van der Waals surface area contributed by atoms with Crippen molar-refractivity contribution < 1.29 is 9.47 Å². The molecule has 0 saturated heterocycles. The minimum atomic E-state index is -0.300. The fourth-order valence-electron chi connectivity index (χ4n) is 2.08. The number of ether oxygens (including phenoxy) is 2. The Morgan fingerprint density at radius 3 is 2.28 bits per heavy atom. The lowest BCUT2D eigenvalue weighted by Crippen LogP contribution is -2.39. The molecule has 3 heteroatoms. The summed E-state index contributed by atoms with van der Waals surface area (Å²) in [5.74, 6) is 0.914. The molecule has 0 aliphatic heterocycles. The van der Waals surface area contributed by atoms with E-state index in [9.17, 15) is 0 Å². The Bertz CT molecular complexity index is 375. The van der Waals surface area contributed by atoms with Gasteiger partial charge < -0.3 is 14.8 Å². The summed E-state index contributed by atoms with van der Waals surface area (Å²) >= 11 is 0. The highest BCUT2D eigenvalue weighted by Gasteiger charge is 2.31. The first kappa shape index (κ1) is 15.0. The van der Waals surface area contributed by atoms with Crippen LogP contribution in [0.1, 0.15) is 39.3 Å². The van der Waals surface area contributed by atoms with Crippen molar-refractivity contribution in [2.75, 3.05) is 14.2 Å². The highest BCUT2D eigenvalue weighted by molar-refractivity contribution is 5.37. The lowest BCUT2D eigenvalue weighted by atomic mass is 9.91. The van der Waals surface area contributed by atoms with Crippen LogP contribution in [0.2, 0.25) is 0 Å². The van der Waals surface area contributed by atoms with Gasteiger partial charge in [-0.1, -0.05) is 18.2 Å². The molecule has 1 aromatic carbocycles. The third-order valence-corrected chi connectivity index (χ3v) is 3.10. The summed E-state index contributed by atoms with van der Waals surface area (Å²) in [7, 11) is 3.67. The predicted octanol–water partition coefficient (Wildman–Crippen LogP) is 3.16. The van der Waals surface area contributed by atoms with Crippen molar-refractivity contribution in [2.24, 2.45) is 0 Å². The summed E-state index contributed by atoms with van der Waals surface area (Å²) in [6.07, 6.45) is 0.161. The minimum absolute atomic E-state index is 0.0810. The zero-order valence-corrected chi connectivity index (χ0v) is 12.3. The average Bonchev–Trinajstić information content (AvgIpc) is 2.31. The molecule has 0 aromatic heterocycles. The zero-order valence-electron chi connectivity index (χ0n) is 12.3. The lowest BCUT2D eigenvalue weighted by Gasteiger charge is -2.34. The fourth-order valence-corrected chi connectivity index (χ4v) is 2.08. The lowest BCUT2D eigenvalue weighted by molar-refractivity contribution is -0.00990. The molecule has 1 rings (SSSR count). The number of methoxy groups -OCH3 is 1. The molecule has 0 aliphatic rings. The Kier molecular flexibility index (Phi) is 5.17. The SMILES string of the molecule is CNC(c1ccccc1OC(C)C)C(C)(C)OC. The van der Waals surface area contributed by atoms with Crippen molar-refractivity contribution in [3.8, 4) is 5.75 Å². The molecule has 18 heavy (non-hydrogen) atoms. The van der Waals surface area contributed by atoms with Gasteiger partial charge in [0.1, 0.15) is 5.75 Å². The molecular weight excluding hydrogens is 226 g/mol. The summed E-state index contributed by atoms with van der Waals surface area (Å²) in [6, 6.07) is 8.19. The maximum absolute atomic E-state index is 5.87. The smallest absolute Gasteiger partial charge is 0.124 e. The molecule has 3 nitrogen and oxygen atoms in total. The van der Waals surface area contributed by atoms with E-state index in [0.29, 0.717) is 0 Å². The van der Waals surface area contributed by atoms with E-state index in [0.717, 1.165) is 11.3 Å². The fraction of sp³-hybridized carbons (Fsp3) is 0.600. The first-order valence-corrected chi connectivity index (χ1v) is 6.40. The van der Waals surface area contributed by atoms with E-state index in [1.807, 2.05) is 39.1 Å². The number of benzene rings is 1. The largest absolute Gasteiger partial charge is 0.491 e. The van der Waals surface area contributed by atoms with Crippen LogP contribution in [0.5, 0.6) is 5.75 Å². The first-order chi connectivity index (χ1) is 8.42. The normalized spacial score (nSPS) is 13.7. The number of hydrogen-bond acceptors (Lipinski definition) is 3. The van der Waals surface area contributed by atoms with Gasteiger partial charge in [-0.15, -0.1) is 0 Å². The molecule has 1 unspecified atom stereocenters. The standard InChI is InChI=1S/C15H25NO2/c1-11(2)18-13-10-8-7-9-12(13)14(16-5)15(3,4)17-6/h7-11,14,16H,1-6H3. The molecule has 0 saturated carbocycles. The number of nitrogens with one attached hydrogen (secondary N) is 1. The van der Waals surface area contributed by atoms with Crippen LogP contribution >= 0.6 is 0 Å². The van der Waals surface area contributed by atoms with Gasteiger partial charge in [0.25, 0.3) is 0 Å². The van der Waals surface area contributed by atoms with Gasteiger partial charge in [0.15, 0.2) is 0 Å². The van der Waals surface area contributed by atoms with Crippen LogP contribution in [0, 0.1) is 0 Å². The van der Waals surface area contributed by atoms with Gasteiger partial charge >= 0.3 is 0 Å². The third-order valence-electron chi connectivity index (χ3n) is 3.10. The molecule has 0 aliphatic carbocycles. The summed E-state index contributed by atoms with van der Waals surface area (Å²) in [5, 5.41) is 3.32.